The summed E-state index contributed by atoms with van der Waals surface area (Å²) in [5, 5.41) is 15.0. The number of nitrogens with zero attached hydrogens (tertiary/aromatic N) is 4. The Hall–Kier alpha value is -3.09. The first kappa shape index (κ1) is 20.6. The fourth-order valence-corrected chi connectivity index (χ4v) is 3.03. The van der Waals surface area contributed by atoms with E-state index in [4.69, 9.17) is 4.74 Å². The molecule has 0 saturated carbocycles. The van der Waals surface area contributed by atoms with E-state index in [2.05, 4.69) is 58.7 Å². The highest BCUT2D eigenvalue weighted by atomic mass is 16.5. The van der Waals surface area contributed by atoms with Crippen LogP contribution in [0.1, 0.15) is 39.1 Å². The van der Waals surface area contributed by atoms with Crippen LogP contribution in [0.2, 0.25) is 0 Å². The molecule has 0 aliphatic rings. The van der Waals surface area contributed by atoms with E-state index in [1.807, 2.05) is 47.9 Å². The summed E-state index contributed by atoms with van der Waals surface area (Å²) in [4.78, 5) is 4.62. The molecule has 3 aromatic rings. The Labute approximate surface area is 172 Å². The fraction of sp³-hybridized carbons (Fsp3) is 0.409. The number of guanidine groups is 1. The molecule has 0 radical (unpaired) electrons. The summed E-state index contributed by atoms with van der Waals surface area (Å²) in [6, 6.07) is 14.0. The number of aliphatic imine (C=N–C) groups is 1. The van der Waals surface area contributed by atoms with Crippen molar-refractivity contribution in [1.82, 2.24) is 25.2 Å². The molecule has 0 unspecified atom stereocenters. The third-order valence-electron chi connectivity index (χ3n) is 4.45. The number of nitrogens with one attached hydrogen (secondary N) is 2. The number of fused-ring (bicyclic) bond motifs is 1. The van der Waals surface area contributed by atoms with Crippen LogP contribution in [0.4, 0.5) is 0 Å². The van der Waals surface area contributed by atoms with Crippen LogP contribution in [0.3, 0.4) is 0 Å². The zero-order valence-electron chi connectivity index (χ0n) is 17.6. The van der Waals surface area contributed by atoms with Gasteiger partial charge in [-0.15, -0.1) is 10.2 Å². The highest BCUT2D eigenvalue weighted by molar-refractivity contribution is 5.79. The zero-order chi connectivity index (χ0) is 20.7. The van der Waals surface area contributed by atoms with E-state index < -0.39 is 0 Å². The molecular weight excluding hydrogens is 364 g/mol. The van der Waals surface area contributed by atoms with E-state index >= 15 is 0 Å². The highest BCUT2D eigenvalue weighted by Gasteiger charge is 2.18. The molecule has 0 spiro atoms. The summed E-state index contributed by atoms with van der Waals surface area (Å²) in [6.07, 6.45) is 1.95. The zero-order valence-corrected chi connectivity index (χ0v) is 17.6. The topological polar surface area (TPSA) is 75.8 Å². The van der Waals surface area contributed by atoms with Crippen LogP contribution >= 0.6 is 0 Å². The second-order valence-electron chi connectivity index (χ2n) is 7.76. The van der Waals surface area contributed by atoms with Gasteiger partial charge in [0.15, 0.2) is 17.4 Å². The van der Waals surface area contributed by atoms with Crippen molar-refractivity contribution in [1.29, 1.82) is 0 Å². The van der Waals surface area contributed by atoms with Crippen LogP contribution in [-0.2, 0) is 12.0 Å². The smallest absolute Gasteiger partial charge is 0.191 e. The predicted octanol–water partition coefficient (Wildman–Crippen LogP) is 3.16. The van der Waals surface area contributed by atoms with Gasteiger partial charge < -0.3 is 15.4 Å². The Bertz CT molecular complexity index is 957. The van der Waals surface area contributed by atoms with Crippen molar-refractivity contribution >= 4 is 11.6 Å². The van der Waals surface area contributed by atoms with Crippen LogP contribution in [0.15, 0.2) is 53.7 Å². The van der Waals surface area contributed by atoms with Crippen molar-refractivity contribution in [3.05, 3.63) is 60.0 Å². The van der Waals surface area contributed by atoms with E-state index in [-0.39, 0.29) is 5.41 Å². The molecular formula is C22H30N6O. The van der Waals surface area contributed by atoms with Crippen LogP contribution in [0.25, 0.3) is 5.65 Å². The number of benzene rings is 1. The maximum Gasteiger partial charge on any atom is 0.191 e. The fourth-order valence-electron chi connectivity index (χ4n) is 3.03. The first-order valence-corrected chi connectivity index (χ1v) is 10.0. The van der Waals surface area contributed by atoms with Crippen molar-refractivity contribution in [2.24, 2.45) is 4.99 Å². The summed E-state index contributed by atoms with van der Waals surface area (Å²) in [5.74, 6) is 2.46. The minimum Gasteiger partial charge on any atom is -0.491 e. The van der Waals surface area contributed by atoms with Crippen LogP contribution in [0, 0.1) is 0 Å². The minimum atomic E-state index is 0.0431. The van der Waals surface area contributed by atoms with Crippen molar-refractivity contribution < 1.29 is 4.74 Å². The highest BCUT2D eigenvalue weighted by Crippen LogP contribution is 2.30. The average Bonchev–Trinajstić information content (AvgIpc) is 3.12. The molecule has 0 amide bonds. The summed E-state index contributed by atoms with van der Waals surface area (Å²) in [5.41, 5.74) is 2.07. The van der Waals surface area contributed by atoms with Gasteiger partial charge in [-0.25, -0.2) is 4.99 Å². The van der Waals surface area contributed by atoms with Gasteiger partial charge in [-0.2, -0.15) is 0 Å². The van der Waals surface area contributed by atoms with Gasteiger partial charge in [0.1, 0.15) is 18.9 Å². The number of para-hydroxylation sites is 1. The minimum absolute atomic E-state index is 0.0431. The molecule has 29 heavy (non-hydrogen) atoms. The quantitative estimate of drug-likeness (QED) is 0.366. The standard InChI is InChI=1S/C22H30N6O/c1-5-23-21(25-16-20-27-26-19-12-8-9-14-28(19)20)24-13-15-29-18-11-7-6-10-17(18)22(2,3)4/h6-12,14H,5,13,15-16H2,1-4H3,(H2,23,24,25). The molecule has 3 rings (SSSR count). The van der Waals surface area contributed by atoms with Gasteiger partial charge in [0.05, 0.1) is 6.54 Å². The van der Waals surface area contributed by atoms with E-state index in [9.17, 15) is 0 Å². The summed E-state index contributed by atoms with van der Waals surface area (Å²) < 4.78 is 7.97. The molecule has 0 bridgehead atoms. The van der Waals surface area contributed by atoms with Crippen molar-refractivity contribution in [3.63, 3.8) is 0 Å². The second-order valence-corrected chi connectivity index (χ2v) is 7.76. The molecule has 154 valence electrons. The molecule has 2 N–H and O–H groups in total. The first-order valence-electron chi connectivity index (χ1n) is 10.0. The Kier molecular flexibility index (Phi) is 6.69. The summed E-state index contributed by atoms with van der Waals surface area (Å²) in [7, 11) is 0. The van der Waals surface area contributed by atoms with E-state index in [0.717, 1.165) is 29.7 Å². The summed E-state index contributed by atoms with van der Waals surface area (Å²) >= 11 is 0. The molecule has 7 heteroatoms. The number of rotatable bonds is 7. The van der Waals surface area contributed by atoms with Crippen LogP contribution in [-0.4, -0.2) is 40.3 Å². The number of ether oxygens (including phenoxy) is 1. The molecule has 2 heterocycles. The molecule has 0 atom stereocenters. The van der Waals surface area contributed by atoms with Gasteiger partial charge in [-0.1, -0.05) is 45.0 Å². The second kappa shape index (κ2) is 9.41. The average molecular weight is 395 g/mol. The Morgan fingerprint density at radius 1 is 1.07 bits per heavy atom. The van der Waals surface area contributed by atoms with E-state index in [1.54, 1.807) is 0 Å². The normalized spacial score (nSPS) is 12.2. The van der Waals surface area contributed by atoms with Gasteiger partial charge >= 0.3 is 0 Å². The Morgan fingerprint density at radius 3 is 2.66 bits per heavy atom. The SMILES string of the molecule is CCNC(=NCc1nnc2ccccn12)NCCOc1ccccc1C(C)(C)C. The van der Waals surface area contributed by atoms with Crippen LogP contribution < -0.4 is 15.4 Å². The number of hydrogen-bond donors (Lipinski definition) is 2. The maximum atomic E-state index is 6.03. The number of hydrogen-bond acceptors (Lipinski definition) is 4. The molecule has 0 aliphatic carbocycles. The van der Waals surface area contributed by atoms with Crippen LogP contribution in [0.5, 0.6) is 5.75 Å². The third-order valence-corrected chi connectivity index (χ3v) is 4.45. The lowest BCUT2D eigenvalue weighted by Gasteiger charge is -2.22. The van der Waals surface area contributed by atoms with Crippen molar-refractivity contribution in [3.8, 4) is 5.75 Å². The van der Waals surface area contributed by atoms with Gasteiger partial charge in [-0.3, -0.25) is 4.40 Å². The van der Waals surface area contributed by atoms with Crippen molar-refractivity contribution in [2.75, 3.05) is 19.7 Å². The third kappa shape index (κ3) is 5.47. The molecule has 1 aromatic carbocycles. The lowest BCUT2D eigenvalue weighted by molar-refractivity contribution is 0.313. The Balaban J connectivity index is 1.57. The lowest BCUT2D eigenvalue weighted by atomic mass is 9.86. The van der Waals surface area contributed by atoms with Gasteiger partial charge in [-0.05, 0) is 36.1 Å². The summed E-state index contributed by atoms with van der Waals surface area (Å²) in [6.45, 7) is 11.0. The lowest BCUT2D eigenvalue weighted by Crippen LogP contribution is -2.39. The molecule has 0 saturated heterocycles. The predicted molar refractivity (Wildman–Crippen MR) is 116 cm³/mol. The molecule has 0 aliphatic heterocycles. The van der Waals surface area contributed by atoms with Gasteiger partial charge in [0.25, 0.3) is 0 Å². The number of aromatic nitrogens is 3. The molecule has 7 nitrogen and oxygen atoms in total. The van der Waals surface area contributed by atoms with Gasteiger partial charge in [0.2, 0.25) is 0 Å². The molecule has 0 fully saturated rings. The van der Waals surface area contributed by atoms with Gasteiger partial charge in [0, 0.05) is 12.7 Å². The largest absolute Gasteiger partial charge is 0.491 e. The first-order chi connectivity index (χ1) is 14.0. The van der Waals surface area contributed by atoms with Crippen molar-refractivity contribution in [2.45, 2.75) is 39.7 Å². The van der Waals surface area contributed by atoms with E-state index in [1.165, 1.54) is 5.56 Å². The van der Waals surface area contributed by atoms with E-state index in [0.29, 0.717) is 19.7 Å². The maximum absolute atomic E-state index is 6.03. The number of pyridine rings is 1. The Morgan fingerprint density at radius 2 is 1.86 bits per heavy atom. The monoisotopic (exact) mass is 394 g/mol. The molecule has 2 aromatic heterocycles.